The second kappa shape index (κ2) is 5.71. The maximum absolute atomic E-state index is 2.77. The SMILES string of the molecule is CN1CCC(CN2CCN(C3(C)CCC3)CC2)CC1. The minimum Gasteiger partial charge on any atom is -0.306 e. The molecule has 0 spiro atoms. The van der Waals surface area contributed by atoms with Crippen LogP contribution in [0.4, 0.5) is 0 Å². The summed E-state index contributed by atoms with van der Waals surface area (Å²) in [6.07, 6.45) is 7.14. The highest BCUT2D eigenvalue weighted by molar-refractivity contribution is 4.95. The van der Waals surface area contributed by atoms with Crippen molar-refractivity contribution in [2.45, 2.75) is 44.6 Å². The van der Waals surface area contributed by atoms with Crippen LogP contribution in [0.5, 0.6) is 0 Å². The molecule has 0 unspecified atom stereocenters. The van der Waals surface area contributed by atoms with Crippen molar-refractivity contribution in [2.24, 2.45) is 5.92 Å². The van der Waals surface area contributed by atoms with Crippen molar-refractivity contribution in [3.8, 4) is 0 Å². The summed E-state index contributed by atoms with van der Waals surface area (Å²) in [6, 6.07) is 0. The number of piperidine rings is 1. The number of hydrogen-bond acceptors (Lipinski definition) is 3. The molecule has 2 heterocycles. The van der Waals surface area contributed by atoms with Gasteiger partial charge in [-0.2, -0.15) is 0 Å². The minimum absolute atomic E-state index is 0.569. The predicted molar refractivity (Wildman–Crippen MR) is 80.5 cm³/mol. The number of piperazine rings is 1. The Kier molecular flexibility index (Phi) is 4.16. The summed E-state index contributed by atoms with van der Waals surface area (Å²) in [5, 5.41) is 0. The Morgan fingerprint density at radius 1 is 0.947 bits per heavy atom. The van der Waals surface area contributed by atoms with Gasteiger partial charge >= 0.3 is 0 Å². The van der Waals surface area contributed by atoms with Crippen LogP contribution in [-0.2, 0) is 0 Å². The molecule has 0 radical (unpaired) electrons. The van der Waals surface area contributed by atoms with Gasteiger partial charge in [0, 0.05) is 38.3 Å². The van der Waals surface area contributed by atoms with Crippen molar-refractivity contribution in [1.82, 2.24) is 14.7 Å². The van der Waals surface area contributed by atoms with Gasteiger partial charge in [-0.25, -0.2) is 0 Å². The van der Waals surface area contributed by atoms with Crippen LogP contribution < -0.4 is 0 Å². The Balaban J connectivity index is 1.40. The van der Waals surface area contributed by atoms with Gasteiger partial charge in [0.15, 0.2) is 0 Å². The molecule has 0 atom stereocenters. The fourth-order valence-electron chi connectivity index (χ4n) is 4.08. The molecule has 0 amide bonds. The van der Waals surface area contributed by atoms with Crippen molar-refractivity contribution >= 4 is 0 Å². The van der Waals surface area contributed by atoms with E-state index >= 15 is 0 Å². The highest BCUT2D eigenvalue weighted by atomic mass is 15.3. The Labute approximate surface area is 118 Å². The lowest BCUT2D eigenvalue weighted by Gasteiger charge is -2.51. The second-order valence-corrected chi connectivity index (χ2v) is 7.38. The number of hydrogen-bond donors (Lipinski definition) is 0. The monoisotopic (exact) mass is 265 g/mol. The second-order valence-electron chi connectivity index (χ2n) is 7.38. The van der Waals surface area contributed by atoms with Crippen LogP contribution >= 0.6 is 0 Å². The van der Waals surface area contributed by atoms with Crippen molar-refractivity contribution in [2.75, 3.05) is 52.9 Å². The van der Waals surface area contributed by atoms with Crippen molar-refractivity contribution in [3.63, 3.8) is 0 Å². The van der Waals surface area contributed by atoms with Gasteiger partial charge in [-0.3, -0.25) is 4.90 Å². The number of rotatable bonds is 3. The summed E-state index contributed by atoms with van der Waals surface area (Å²) in [6.45, 7) is 11.7. The third kappa shape index (κ3) is 3.14. The zero-order chi connectivity index (χ0) is 13.3. The van der Waals surface area contributed by atoms with Crippen LogP contribution in [0.2, 0.25) is 0 Å². The Bertz CT molecular complexity index is 284. The molecule has 0 aromatic heterocycles. The molecule has 3 fully saturated rings. The first-order valence-corrected chi connectivity index (χ1v) is 8.32. The van der Waals surface area contributed by atoms with Gasteiger partial charge in [-0.1, -0.05) is 0 Å². The molecule has 3 heteroatoms. The molecule has 0 bridgehead atoms. The van der Waals surface area contributed by atoms with E-state index in [2.05, 4.69) is 28.7 Å². The van der Waals surface area contributed by atoms with Gasteiger partial charge in [-0.15, -0.1) is 0 Å². The molecule has 2 saturated heterocycles. The molecule has 3 aliphatic rings. The molecule has 0 aromatic rings. The van der Waals surface area contributed by atoms with Gasteiger partial charge in [0.25, 0.3) is 0 Å². The van der Waals surface area contributed by atoms with E-state index in [0.29, 0.717) is 5.54 Å². The molecule has 0 N–H and O–H groups in total. The minimum atomic E-state index is 0.569. The third-order valence-electron chi connectivity index (χ3n) is 5.92. The Morgan fingerprint density at radius 2 is 1.58 bits per heavy atom. The number of likely N-dealkylation sites (tertiary alicyclic amines) is 1. The van der Waals surface area contributed by atoms with Crippen LogP contribution in [0.25, 0.3) is 0 Å². The van der Waals surface area contributed by atoms with Crippen LogP contribution in [0.1, 0.15) is 39.0 Å². The Hall–Kier alpha value is -0.120. The highest BCUT2D eigenvalue weighted by Crippen LogP contribution is 2.37. The lowest BCUT2D eigenvalue weighted by atomic mass is 9.76. The first-order valence-electron chi connectivity index (χ1n) is 8.32. The first-order chi connectivity index (χ1) is 9.16. The average molecular weight is 265 g/mol. The maximum atomic E-state index is 2.77. The van der Waals surface area contributed by atoms with E-state index in [1.165, 1.54) is 77.9 Å². The van der Waals surface area contributed by atoms with Gasteiger partial charge in [0.05, 0.1) is 0 Å². The zero-order valence-corrected chi connectivity index (χ0v) is 12.9. The summed E-state index contributed by atoms with van der Waals surface area (Å²) in [4.78, 5) is 7.97. The quantitative estimate of drug-likeness (QED) is 0.771. The summed E-state index contributed by atoms with van der Waals surface area (Å²) in [5.41, 5.74) is 0.569. The highest BCUT2D eigenvalue weighted by Gasteiger charge is 2.39. The van der Waals surface area contributed by atoms with Gasteiger partial charge in [0.2, 0.25) is 0 Å². The van der Waals surface area contributed by atoms with Crippen LogP contribution in [0.15, 0.2) is 0 Å². The zero-order valence-electron chi connectivity index (χ0n) is 12.9. The first kappa shape index (κ1) is 13.8. The lowest BCUT2D eigenvalue weighted by Crippen LogP contribution is -2.59. The average Bonchev–Trinajstić information content (AvgIpc) is 2.40. The van der Waals surface area contributed by atoms with Gasteiger partial charge in [-0.05, 0) is 65.1 Å². The molecule has 3 rings (SSSR count). The third-order valence-corrected chi connectivity index (χ3v) is 5.92. The van der Waals surface area contributed by atoms with Gasteiger partial charge in [0.1, 0.15) is 0 Å². The van der Waals surface area contributed by atoms with Gasteiger partial charge < -0.3 is 9.80 Å². The van der Waals surface area contributed by atoms with Crippen LogP contribution in [0.3, 0.4) is 0 Å². The molecule has 0 aromatic carbocycles. The van der Waals surface area contributed by atoms with Crippen molar-refractivity contribution < 1.29 is 0 Å². The van der Waals surface area contributed by atoms with E-state index < -0.39 is 0 Å². The molecule has 1 saturated carbocycles. The molecule has 3 nitrogen and oxygen atoms in total. The standard InChI is InChI=1S/C16H31N3/c1-16(6-3-7-16)19-12-10-18(11-13-19)14-15-4-8-17(2)9-5-15/h15H,3-14H2,1-2H3. The molecule has 19 heavy (non-hydrogen) atoms. The largest absolute Gasteiger partial charge is 0.306 e. The molecular formula is C16H31N3. The van der Waals surface area contributed by atoms with Crippen molar-refractivity contribution in [1.29, 1.82) is 0 Å². The predicted octanol–water partition coefficient (Wildman–Crippen LogP) is 1.89. The van der Waals surface area contributed by atoms with E-state index in [4.69, 9.17) is 0 Å². The fourth-order valence-corrected chi connectivity index (χ4v) is 4.08. The topological polar surface area (TPSA) is 9.72 Å². The van der Waals surface area contributed by atoms with E-state index in [-0.39, 0.29) is 0 Å². The molecule has 1 aliphatic carbocycles. The van der Waals surface area contributed by atoms with E-state index in [0.717, 1.165) is 5.92 Å². The maximum Gasteiger partial charge on any atom is 0.0182 e. The van der Waals surface area contributed by atoms with E-state index in [1.807, 2.05) is 0 Å². The smallest absolute Gasteiger partial charge is 0.0182 e. The van der Waals surface area contributed by atoms with Crippen molar-refractivity contribution in [3.05, 3.63) is 0 Å². The molecular weight excluding hydrogens is 234 g/mol. The molecule has 2 aliphatic heterocycles. The molecule has 110 valence electrons. The fraction of sp³-hybridized carbons (Fsp3) is 1.00. The van der Waals surface area contributed by atoms with E-state index in [9.17, 15) is 0 Å². The van der Waals surface area contributed by atoms with Crippen LogP contribution in [0, 0.1) is 5.92 Å². The summed E-state index contributed by atoms with van der Waals surface area (Å²) < 4.78 is 0. The van der Waals surface area contributed by atoms with Crippen LogP contribution in [-0.4, -0.2) is 73.1 Å². The lowest BCUT2D eigenvalue weighted by molar-refractivity contribution is -0.0105. The summed E-state index contributed by atoms with van der Waals surface area (Å²) >= 11 is 0. The van der Waals surface area contributed by atoms with E-state index in [1.54, 1.807) is 0 Å². The summed E-state index contributed by atoms with van der Waals surface area (Å²) in [7, 11) is 2.26. The number of nitrogens with zero attached hydrogens (tertiary/aromatic N) is 3. The Morgan fingerprint density at radius 3 is 2.11 bits per heavy atom. The summed E-state index contributed by atoms with van der Waals surface area (Å²) in [5.74, 6) is 0.960. The normalized spacial score (nSPS) is 31.3.